The second-order valence-electron chi connectivity index (χ2n) is 2.14. The van der Waals surface area contributed by atoms with Crippen molar-refractivity contribution in [2.75, 3.05) is 34.2 Å². The maximum absolute atomic E-state index is 8.50. The molecule has 0 heterocycles. The van der Waals surface area contributed by atoms with Gasteiger partial charge in [-0.2, -0.15) is 0 Å². The number of nitrogens with zero attached hydrogens (tertiary/aromatic N) is 2. The fourth-order valence-corrected chi connectivity index (χ4v) is 0.502. The van der Waals surface area contributed by atoms with Crippen LogP contribution in [0.25, 0.3) is 0 Å². The summed E-state index contributed by atoms with van der Waals surface area (Å²) in [5.41, 5.74) is 0. The standard InChI is InChI=1S/C5H14N2O2/c1-6(4-8)3-7(2)5-9/h8-9H,3-5H2,1-2H3. The minimum absolute atomic E-state index is 0.0182. The largest absolute Gasteiger partial charge is 0.381 e. The molecule has 0 aliphatic carbocycles. The van der Waals surface area contributed by atoms with Crippen LogP contribution in [0.4, 0.5) is 0 Å². The van der Waals surface area contributed by atoms with Gasteiger partial charge in [-0.15, -0.1) is 0 Å². The smallest absolute Gasteiger partial charge is 0.0964 e. The molecule has 0 aromatic rings. The molecule has 0 spiro atoms. The van der Waals surface area contributed by atoms with Crippen LogP contribution in [-0.2, 0) is 0 Å². The van der Waals surface area contributed by atoms with E-state index in [1.807, 2.05) is 0 Å². The van der Waals surface area contributed by atoms with Gasteiger partial charge in [-0.3, -0.25) is 9.80 Å². The van der Waals surface area contributed by atoms with Crippen LogP contribution in [0.3, 0.4) is 0 Å². The quantitative estimate of drug-likeness (QED) is 0.469. The van der Waals surface area contributed by atoms with E-state index in [1.165, 1.54) is 0 Å². The Morgan fingerprint density at radius 3 is 1.56 bits per heavy atom. The molecule has 0 rings (SSSR count). The highest BCUT2D eigenvalue weighted by Gasteiger charge is 1.97. The molecule has 0 aromatic heterocycles. The first-order valence-electron chi connectivity index (χ1n) is 2.79. The number of hydrogen-bond acceptors (Lipinski definition) is 4. The number of rotatable bonds is 4. The summed E-state index contributed by atoms with van der Waals surface area (Å²) >= 11 is 0. The Bertz CT molecular complexity index is 62.0. The molecule has 0 amide bonds. The molecule has 9 heavy (non-hydrogen) atoms. The lowest BCUT2D eigenvalue weighted by molar-refractivity contribution is 0.0400. The summed E-state index contributed by atoms with van der Waals surface area (Å²) in [6.45, 7) is 0.613. The lowest BCUT2D eigenvalue weighted by Gasteiger charge is -2.19. The molecule has 0 fully saturated rings. The van der Waals surface area contributed by atoms with Crippen molar-refractivity contribution in [3.05, 3.63) is 0 Å². The molecule has 56 valence electrons. The topological polar surface area (TPSA) is 46.9 Å². The lowest BCUT2D eigenvalue weighted by atomic mass is 10.7. The Morgan fingerprint density at radius 2 is 1.33 bits per heavy atom. The zero-order chi connectivity index (χ0) is 7.28. The van der Waals surface area contributed by atoms with E-state index in [0.717, 1.165) is 0 Å². The van der Waals surface area contributed by atoms with E-state index in [9.17, 15) is 0 Å². The van der Waals surface area contributed by atoms with E-state index in [2.05, 4.69) is 0 Å². The molecule has 0 atom stereocenters. The van der Waals surface area contributed by atoms with Crippen molar-refractivity contribution >= 4 is 0 Å². The van der Waals surface area contributed by atoms with Crippen molar-refractivity contribution in [3.63, 3.8) is 0 Å². The number of aliphatic hydroxyl groups excluding tert-OH is 2. The van der Waals surface area contributed by atoms with Gasteiger partial charge in [0.1, 0.15) is 0 Å². The molecule has 0 bridgehead atoms. The summed E-state index contributed by atoms with van der Waals surface area (Å²) < 4.78 is 0. The molecule has 0 saturated heterocycles. The van der Waals surface area contributed by atoms with Gasteiger partial charge in [0.2, 0.25) is 0 Å². The van der Waals surface area contributed by atoms with Gasteiger partial charge in [-0.25, -0.2) is 0 Å². The number of aliphatic hydroxyl groups is 2. The zero-order valence-electron chi connectivity index (χ0n) is 5.91. The van der Waals surface area contributed by atoms with Crippen LogP contribution in [-0.4, -0.2) is 54.2 Å². The van der Waals surface area contributed by atoms with Gasteiger partial charge >= 0.3 is 0 Å². The highest BCUT2D eigenvalue weighted by atomic mass is 16.3. The Balaban J connectivity index is 3.22. The highest BCUT2D eigenvalue weighted by Crippen LogP contribution is 1.82. The molecule has 0 saturated carbocycles. The van der Waals surface area contributed by atoms with E-state index < -0.39 is 0 Å². The van der Waals surface area contributed by atoms with E-state index in [1.54, 1.807) is 23.9 Å². The highest BCUT2D eigenvalue weighted by molar-refractivity contribution is 4.40. The van der Waals surface area contributed by atoms with Gasteiger partial charge in [-0.1, -0.05) is 0 Å². The third-order valence-corrected chi connectivity index (χ3v) is 0.966. The van der Waals surface area contributed by atoms with Gasteiger partial charge < -0.3 is 10.2 Å². The maximum Gasteiger partial charge on any atom is 0.0964 e. The summed E-state index contributed by atoms with van der Waals surface area (Å²) in [6, 6.07) is 0. The first kappa shape index (κ1) is 8.84. The van der Waals surface area contributed by atoms with E-state index in [-0.39, 0.29) is 13.5 Å². The van der Waals surface area contributed by atoms with Crippen LogP contribution in [0.2, 0.25) is 0 Å². The Morgan fingerprint density at radius 1 is 1.00 bits per heavy atom. The van der Waals surface area contributed by atoms with Crippen molar-refractivity contribution in [3.8, 4) is 0 Å². The van der Waals surface area contributed by atoms with E-state index >= 15 is 0 Å². The molecular weight excluding hydrogens is 120 g/mol. The third-order valence-electron chi connectivity index (χ3n) is 0.966. The maximum atomic E-state index is 8.50. The average molecular weight is 134 g/mol. The Hall–Kier alpha value is -0.160. The minimum Gasteiger partial charge on any atom is -0.381 e. The summed E-state index contributed by atoms with van der Waals surface area (Å²) in [6.07, 6.45) is 0. The van der Waals surface area contributed by atoms with Crippen molar-refractivity contribution in [2.24, 2.45) is 0 Å². The molecule has 0 unspecified atom stereocenters. The Kier molecular flexibility index (Phi) is 4.61. The lowest BCUT2D eigenvalue weighted by Crippen LogP contribution is -2.33. The fraction of sp³-hybridized carbons (Fsp3) is 1.00. The van der Waals surface area contributed by atoms with Crippen molar-refractivity contribution in [2.45, 2.75) is 0 Å². The van der Waals surface area contributed by atoms with Gasteiger partial charge in [0.15, 0.2) is 0 Å². The molecule has 4 heteroatoms. The van der Waals surface area contributed by atoms with Gasteiger partial charge in [0.25, 0.3) is 0 Å². The van der Waals surface area contributed by atoms with Crippen molar-refractivity contribution < 1.29 is 10.2 Å². The summed E-state index contributed by atoms with van der Waals surface area (Å²) in [5.74, 6) is 0. The first-order chi connectivity index (χ1) is 4.20. The zero-order valence-corrected chi connectivity index (χ0v) is 5.91. The summed E-state index contributed by atoms with van der Waals surface area (Å²) in [7, 11) is 3.54. The van der Waals surface area contributed by atoms with E-state index in [4.69, 9.17) is 10.2 Å². The fourth-order valence-electron chi connectivity index (χ4n) is 0.502. The Labute approximate surface area is 55.3 Å². The van der Waals surface area contributed by atoms with Crippen LogP contribution < -0.4 is 0 Å². The normalized spacial score (nSPS) is 11.3. The van der Waals surface area contributed by atoms with Crippen LogP contribution in [0.15, 0.2) is 0 Å². The van der Waals surface area contributed by atoms with Gasteiger partial charge in [-0.05, 0) is 14.1 Å². The van der Waals surface area contributed by atoms with Gasteiger partial charge in [0.05, 0.1) is 20.1 Å². The molecule has 0 aliphatic heterocycles. The molecule has 2 N–H and O–H groups in total. The molecule has 0 radical (unpaired) electrons. The molecule has 0 aliphatic rings. The first-order valence-corrected chi connectivity index (χ1v) is 2.79. The van der Waals surface area contributed by atoms with Crippen LogP contribution >= 0.6 is 0 Å². The van der Waals surface area contributed by atoms with Crippen molar-refractivity contribution in [1.82, 2.24) is 9.80 Å². The summed E-state index contributed by atoms with van der Waals surface area (Å²) in [5, 5.41) is 17.0. The third kappa shape index (κ3) is 4.35. The second kappa shape index (κ2) is 4.69. The van der Waals surface area contributed by atoms with Crippen LogP contribution in [0.1, 0.15) is 0 Å². The predicted molar refractivity (Wildman–Crippen MR) is 34.6 cm³/mol. The van der Waals surface area contributed by atoms with Crippen molar-refractivity contribution in [1.29, 1.82) is 0 Å². The van der Waals surface area contributed by atoms with Gasteiger partial charge in [0, 0.05) is 0 Å². The summed E-state index contributed by atoms with van der Waals surface area (Å²) in [4.78, 5) is 3.35. The van der Waals surface area contributed by atoms with E-state index in [0.29, 0.717) is 6.67 Å². The number of hydrogen-bond donors (Lipinski definition) is 2. The average Bonchev–Trinajstić information content (AvgIpc) is 1.87. The predicted octanol–water partition coefficient (Wildman–Crippen LogP) is -1.29. The molecular formula is C5H14N2O2. The minimum atomic E-state index is 0.0182. The molecule has 4 nitrogen and oxygen atoms in total. The monoisotopic (exact) mass is 134 g/mol. The second-order valence-corrected chi connectivity index (χ2v) is 2.14. The van der Waals surface area contributed by atoms with Crippen LogP contribution in [0.5, 0.6) is 0 Å². The molecule has 0 aromatic carbocycles. The van der Waals surface area contributed by atoms with Crippen LogP contribution in [0, 0.1) is 0 Å². The SMILES string of the molecule is CN(CO)CN(C)CO.